The van der Waals surface area contributed by atoms with Crippen LogP contribution in [0.1, 0.15) is 57.8 Å². The van der Waals surface area contributed by atoms with Crippen LogP contribution in [0.5, 0.6) is 0 Å². The number of nitrogens with one attached hydrogen (secondary N) is 3. The molecule has 2 heterocycles. The Balaban J connectivity index is 1.19. The SMILES string of the molecule is COC1CCC(C2CNC(NC3CCCC(C(=O)N4CCC(O)C4)C3)NC2)CC1. The summed E-state index contributed by atoms with van der Waals surface area (Å²) in [4.78, 5) is 14.7. The van der Waals surface area contributed by atoms with Crippen LogP contribution in [0.15, 0.2) is 0 Å². The van der Waals surface area contributed by atoms with Crippen molar-refractivity contribution in [2.24, 2.45) is 17.8 Å². The Bertz CT molecular complexity index is 532. The minimum Gasteiger partial charge on any atom is -0.391 e. The number of ether oxygens (including phenoxy) is 1. The number of methoxy groups -OCH3 is 1. The number of nitrogens with zero attached hydrogens (tertiary/aromatic N) is 1. The fraction of sp³-hybridized carbons (Fsp3) is 0.955. The summed E-state index contributed by atoms with van der Waals surface area (Å²) < 4.78 is 5.51. The van der Waals surface area contributed by atoms with Gasteiger partial charge in [0.1, 0.15) is 6.29 Å². The Morgan fingerprint density at radius 2 is 1.79 bits per heavy atom. The summed E-state index contributed by atoms with van der Waals surface area (Å²) in [5, 5.41) is 20.8. The van der Waals surface area contributed by atoms with E-state index >= 15 is 0 Å². The summed E-state index contributed by atoms with van der Waals surface area (Å²) in [5.41, 5.74) is 0. The Morgan fingerprint density at radius 1 is 1.03 bits per heavy atom. The molecule has 4 rings (SSSR count). The first kappa shape index (κ1) is 21.5. The van der Waals surface area contributed by atoms with Crippen molar-refractivity contribution >= 4 is 5.91 Å². The molecule has 2 aliphatic carbocycles. The van der Waals surface area contributed by atoms with E-state index in [4.69, 9.17) is 4.74 Å². The number of carbonyl (C=O) groups excluding carboxylic acids is 1. The minimum atomic E-state index is -0.329. The van der Waals surface area contributed by atoms with E-state index in [1.54, 1.807) is 0 Å². The van der Waals surface area contributed by atoms with E-state index in [-0.39, 0.29) is 24.2 Å². The number of rotatable bonds is 5. The predicted octanol–water partition coefficient (Wildman–Crippen LogP) is 1.03. The van der Waals surface area contributed by atoms with Gasteiger partial charge in [-0.15, -0.1) is 0 Å². The summed E-state index contributed by atoms with van der Waals surface area (Å²) in [6.07, 6.45) is 10.1. The van der Waals surface area contributed by atoms with Gasteiger partial charge in [-0.3, -0.25) is 20.7 Å². The summed E-state index contributed by atoms with van der Waals surface area (Å²) in [6, 6.07) is 0.379. The van der Waals surface area contributed by atoms with Gasteiger partial charge in [0.2, 0.25) is 5.91 Å². The molecule has 0 aromatic heterocycles. The molecule has 0 aromatic carbocycles. The lowest BCUT2D eigenvalue weighted by Gasteiger charge is -2.40. The molecule has 7 nitrogen and oxygen atoms in total. The molecular weight excluding hydrogens is 368 g/mol. The molecule has 0 bridgehead atoms. The van der Waals surface area contributed by atoms with Gasteiger partial charge in [0.15, 0.2) is 0 Å². The third-order valence-electron chi connectivity index (χ3n) is 7.79. The molecule has 3 atom stereocenters. The zero-order valence-electron chi connectivity index (χ0n) is 17.9. The third-order valence-corrected chi connectivity index (χ3v) is 7.79. The Morgan fingerprint density at radius 3 is 2.45 bits per heavy atom. The van der Waals surface area contributed by atoms with E-state index in [1.807, 2.05) is 12.0 Å². The van der Waals surface area contributed by atoms with E-state index in [9.17, 15) is 9.90 Å². The maximum absolute atomic E-state index is 12.8. The summed E-state index contributed by atoms with van der Waals surface area (Å²) in [5.74, 6) is 1.87. The lowest BCUT2D eigenvalue weighted by Crippen LogP contribution is -2.63. The minimum absolute atomic E-state index is 0.110. The van der Waals surface area contributed by atoms with Gasteiger partial charge in [-0.2, -0.15) is 0 Å². The first-order valence-electron chi connectivity index (χ1n) is 11.8. The van der Waals surface area contributed by atoms with Crippen LogP contribution < -0.4 is 16.0 Å². The molecule has 3 unspecified atom stereocenters. The molecule has 2 saturated carbocycles. The van der Waals surface area contributed by atoms with Crippen molar-refractivity contribution in [1.82, 2.24) is 20.9 Å². The fourth-order valence-electron chi connectivity index (χ4n) is 5.93. The van der Waals surface area contributed by atoms with Crippen molar-refractivity contribution < 1.29 is 14.6 Å². The smallest absolute Gasteiger partial charge is 0.225 e. The molecule has 1 amide bonds. The molecule has 7 heteroatoms. The van der Waals surface area contributed by atoms with Crippen LogP contribution in [0.25, 0.3) is 0 Å². The molecule has 4 aliphatic rings. The largest absolute Gasteiger partial charge is 0.391 e. The first-order chi connectivity index (χ1) is 14.1. The number of hydrogen-bond acceptors (Lipinski definition) is 6. The van der Waals surface area contributed by atoms with Crippen molar-refractivity contribution in [1.29, 1.82) is 0 Å². The highest BCUT2D eigenvalue weighted by molar-refractivity contribution is 5.79. The third kappa shape index (κ3) is 5.50. The molecule has 0 aromatic rings. The van der Waals surface area contributed by atoms with E-state index in [2.05, 4.69) is 16.0 Å². The van der Waals surface area contributed by atoms with Crippen molar-refractivity contribution in [3.8, 4) is 0 Å². The van der Waals surface area contributed by atoms with Crippen LogP contribution in [0.4, 0.5) is 0 Å². The monoisotopic (exact) mass is 408 g/mol. The number of likely N-dealkylation sites (tertiary alicyclic amines) is 1. The van der Waals surface area contributed by atoms with Gasteiger partial charge < -0.3 is 14.7 Å². The van der Waals surface area contributed by atoms with Gasteiger partial charge in [0, 0.05) is 45.2 Å². The number of hydrogen-bond donors (Lipinski definition) is 4. The predicted molar refractivity (Wildman–Crippen MR) is 112 cm³/mol. The quantitative estimate of drug-likeness (QED) is 0.544. The van der Waals surface area contributed by atoms with Crippen molar-refractivity contribution in [3.63, 3.8) is 0 Å². The highest BCUT2D eigenvalue weighted by Crippen LogP contribution is 2.32. The topological polar surface area (TPSA) is 85.9 Å². The number of amides is 1. The van der Waals surface area contributed by atoms with E-state index in [1.165, 1.54) is 25.7 Å². The van der Waals surface area contributed by atoms with Crippen LogP contribution in [0, 0.1) is 17.8 Å². The number of aliphatic hydroxyl groups excluding tert-OH is 1. The summed E-state index contributed by atoms with van der Waals surface area (Å²) >= 11 is 0. The van der Waals surface area contributed by atoms with Crippen LogP contribution >= 0.6 is 0 Å². The number of aliphatic hydroxyl groups is 1. The van der Waals surface area contributed by atoms with Crippen LogP contribution in [0.3, 0.4) is 0 Å². The van der Waals surface area contributed by atoms with Gasteiger partial charge in [-0.1, -0.05) is 6.42 Å². The fourth-order valence-corrected chi connectivity index (χ4v) is 5.93. The summed E-state index contributed by atoms with van der Waals surface area (Å²) in [6.45, 7) is 3.36. The first-order valence-corrected chi connectivity index (χ1v) is 11.8. The second-order valence-corrected chi connectivity index (χ2v) is 9.74. The van der Waals surface area contributed by atoms with Crippen molar-refractivity contribution in [2.75, 3.05) is 33.3 Å². The molecule has 2 aliphatic heterocycles. The standard InChI is InChI=1S/C22H40N4O3/c1-29-20-7-5-15(6-8-20)17-12-23-22(24-13-17)25-18-4-2-3-16(11-18)21(28)26-10-9-19(27)14-26/h15-20,22-25,27H,2-14H2,1H3. The Labute approximate surface area is 175 Å². The van der Waals surface area contributed by atoms with Gasteiger partial charge >= 0.3 is 0 Å². The van der Waals surface area contributed by atoms with Gasteiger partial charge in [-0.25, -0.2) is 0 Å². The second-order valence-electron chi connectivity index (χ2n) is 9.74. The summed E-state index contributed by atoms with van der Waals surface area (Å²) in [7, 11) is 1.84. The average Bonchev–Trinajstić information content (AvgIpc) is 3.20. The molecule has 166 valence electrons. The molecule has 4 N–H and O–H groups in total. The zero-order chi connectivity index (χ0) is 20.2. The Kier molecular flexibility index (Phi) is 7.45. The lowest BCUT2D eigenvalue weighted by atomic mass is 9.78. The van der Waals surface area contributed by atoms with E-state index < -0.39 is 0 Å². The number of β-amino-alcohol motifs (C(OH)–C–C–N with tert-alkyl or cyclic N) is 1. The molecule has 0 radical (unpaired) electrons. The Hall–Kier alpha value is -0.730. The number of carbonyl (C=O) groups is 1. The van der Waals surface area contributed by atoms with Crippen LogP contribution in [-0.4, -0.2) is 73.7 Å². The van der Waals surface area contributed by atoms with Crippen molar-refractivity contribution in [2.45, 2.75) is 82.3 Å². The van der Waals surface area contributed by atoms with Gasteiger partial charge in [0.25, 0.3) is 0 Å². The zero-order valence-corrected chi connectivity index (χ0v) is 17.9. The van der Waals surface area contributed by atoms with Crippen molar-refractivity contribution in [3.05, 3.63) is 0 Å². The average molecular weight is 409 g/mol. The molecule has 29 heavy (non-hydrogen) atoms. The molecule has 0 spiro atoms. The second kappa shape index (κ2) is 10.1. The molecule has 4 fully saturated rings. The lowest BCUT2D eigenvalue weighted by molar-refractivity contribution is -0.136. The highest BCUT2D eigenvalue weighted by atomic mass is 16.5. The van der Waals surface area contributed by atoms with Crippen LogP contribution in [0.2, 0.25) is 0 Å². The molecular formula is C22H40N4O3. The van der Waals surface area contributed by atoms with Gasteiger partial charge in [-0.05, 0) is 63.2 Å². The van der Waals surface area contributed by atoms with E-state index in [0.29, 0.717) is 31.2 Å². The highest BCUT2D eigenvalue weighted by Gasteiger charge is 2.35. The van der Waals surface area contributed by atoms with Crippen LogP contribution in [-0.2, 0) is 9.53 Å². The normalized spacial score (nSPS) is 41.4. The van der Waals surface area contributed by atoms with Gasteiger partial charge in [0.05, 0.1) is 12.2 Å². The molecule has 2 saturated heterocycles. The maximum atomic E-state index is 12.8. The van der Waals surface area contributed by atoms with E-state index in [0.717, 1.165) is 51.1 Å². The maximum Gasteiger partial charge on any atom is 0.225 e.